The van der Waals surface area contributed by atoms with Crippen molar-refractivity contribution >= 4 is 27.3 Å². The van der Waals surface area contributed by atoms with Crippen LogP contribution < -0.4 is 15.4 Å². The van der Waals surface area contributed by atoms with E-state index in [0.29, 0.717) is 6.17 Å². The van der Waals surface area contributed by atoms with Gasteiger partial charge in [0.15, 0.2) is 0 Å². The predicted octanol–water partition coefficient (Wildman–Crippen LogP) is 3.07. The number of fused-ring (bicyclic) bond motifs is 1. The van der Waals surface area contributed by atoms with E-state index in [4.69, 9.17) is 16.3 Å². The maximum Gasteiger partial charge on any atom is 0.272 e. The number of nitrogens with zero attached hydrogens (tertiary/aromatic N) is 1. The zero-order chi connectivity index (χ0) is 24.3. The summed E-state index contributed by atoms with van der Waals surface area (Å²) in [6.45, 7) is 1.97. The summed E-state index contributed by atoms with van der Waals surface area (Å²) in [5.41, 5.74) is 0.740. The Bertz CT molecular complexity index is 1130. The van der Waals surface area contributed by atoms with Gasteiger partial charge in [-0.1, -0.05) is 23.7 Å². The van der Waals surface area contributed by atoms with Crippen LogP contribution >= 0.6 is 11.6 Å². The first-order chi connectivity index (χ1) is 16.2. The van der Waals surface area contributed by atoms with Gasteiger partial charge >= 0.3 is 0 Å². The van der Waals surface area contributed by atoms with Crippen LogP contribution in [-0.2, 0) is 21.2 Å². The van der Waals surface area contributed by atoms with E-state index in [9.17, 15) is 22.0 Å². The number of carbonyl (C=O) groups excluding carboxylic acids is 1. The molecule has 2 heterocycles. The Labute approximate surface area is 202 Å². The Morgan fingerprint density at radius 1 is 1.21 bits per heavy atom. The first-order valence-electron chi connectivity index (χ1n) is 11.0. The van der Waals surface area contributed by atoms with E-state index in [-0.39, 0.29) is 38.9 Å². The zero-order valence-electron chi connectivity index (χ0n) is 18.3. The van der Waals surface area contributed by atoms with Crippen LogP contribution in [0.25, 0.3) is 0 Å². The molecule has 0 aliphatic carbocycles. The largest absolute Gasteiger partial charge is 0.486 e. The molecule has 2 aliphatic rings. The molecule has 34 heavy (non-hydrogen) atoms. The standard InChI is InChI=1S/C23H26ClF2N3O4S/c24-17-4-7-19(33-14-21(25)26)20(11-17)34(31,32)18-5-1-15(2-6-18)12-28-23(30)16-3-8-22-27-9-10-29(22)13-16/h1-2,4-7,11,16,21-22,27H,3,8-10,12-14H2,(H,28,30). The second-order valence-corrected chi connectivity index (χ2v) is 10.8. The van der Waals surface area contributed by atoms with Crippen LogP contribution in [-0.4, -0.2) is 58.1 Å². The van der Waals surface area contributed by atoms with Crippen molar-refractivity contribution in [2.45, 2.75) is 41.8 Å². The summed E-state index contributed by atoms with van der Waals surface area (Å²) in [5.74, 6) is -0.268. The normalized spacial score (nSPS) is 20.8. The molecule has 0 bridgehead atoms. The minimum Gasteiger partial charge on any atom is -0.486 e. The Balaban J connectivity index is 1.41. The Hall–Kier alpha value is -2.27. The fourth-order valence-corrected chi connectivity index (χ4v) is 5.98. The molecule has 0 radical (unpaired) electrons. The molecule has 0 aromatic heterocycles. The summed E-state index contributed by atoms with van der Waals surface area (Å²) >= 11 is 5.95. The van der Waals surface area contributed by atoms with Crippen LogP contribution in [0.1, 0.15) is 18.4 Å². The Morgan fingerprint density at radius 3 is 2.71 bits per heavy atom. The third-order valence-electron chi connectivity index (χ3n) is 6.09. The molecule has 7 nitrogen and oxygen atoms in total. The van der Waals surface area contributed by atoms with Crippen LogP contribution in [0, 0.1) is 5.92 Å². The minimum absolute atomic E-state index is 0.0122. The number of rotatable bonds is 8. The monoisotopic (exact) mass is 513 g/mol. The molecule has 2 aromatic carbocycles. The quantitative estimate of drug-likeness (QED) is 0.564. The first kappa shape index (κ1) is 24.8. The number of amides is 1. The van der Waals surface area contributed by atoms with Crippen molar-refractivity contribution in [1.82, 2.24) is 15.5 Å². The molecule has 4 rings (SSSR count). The van der Waals surface area contributed by atoms with Crippen LogP contribution in [0.3, 0.4) is 0 Å². The third kappa shape index (κ3) is 5.68. The smallest absolute Gasteiger partial charge is 0.272 e. The van der Waals surface area contributed by atoms with E-state index in [1.807, 2.05) is 0 Å². The van der Waals surface area contributed by atoms with Gasteiger partial charge in [-0.05, 0) is 48.7 Å². The van der Waals surface area contributed by atoms with Gasteiger partial charge in [0.1, 0.15) is 17.3 Å². The Kier molecular flexibility index (Phi) is 7.71. The number of benzene rings is 2. The molecule has 1 amide bonds. The van der Waals surface area contributed by atoms with Crippen LogP contribution in [0.15, 0.2) is 52.3 Å². The van der Waals surface area contributed by atoms with Gasteiger partial charge < -0.3 is 15.4 Å². The molecule has 2 fully saturated rings. The molecule has 2 N–H and O–H groups in total. The van der Waals surface area contributed by atoms with E-state index in [0.717, 1.165) is 38.0 Å². The Morgan fingerprint density at radius 2 is 1.97 bits per heavy atom. The van der Waals surface area contributed by atoms with E-state index in [1.165, 1.54) is 30.3 Å². The third-order valence-corrected chi connectivity index (χ3v) is 8.12. The van der Waals surface area contributed by atoms with E-state index < -0.39 is 22.9 Å². The lowest BCUT2D eigenvalue weighted by Crippen LogP contribution is -2.47. The number of carbonyl (C=O) groups is 1. The number of sulfone groups is 1. The van der Waals surface area contributed by atoms with Crippen molar-refractivity contribution in [3.63, 3.8) is 0 Å². The van der Waals surface area contributed by atoms with E-state index in [1.54, 1.807) is 12.1 Å². The fourth-order valence-electron chi connectivity index (χ4n) is 4.32. The molecule has 2 aliphatic heterocycles. The van der Waals surface area contributed by atoms with Crippen molar-refractivity contribution < 1.29 is 26.7 Å². The minimum atomic E-state index is -4.07. The number of hydrogen-bond acceptors (Lipinski definition) is 6. The highest BCUT2D eigenvalue weighted by Crippen LogP contribution is 2.32. The van der Waals surface area contributed by atoms with Gasteiger partial charge in [-0.15, -0.1) is 0 Å². The van der Waals surface area contributed by atoms with Crippen molar-refractivity contribution in [3.05, 3.63) is 53.1 Å². The summed E-state index contributed by atoms with van der Waals surface area (Å²) in [6.07, 6.45) is -0.605. The summed E-state index contributed by atoms with van der Waals surface area (Å²) < 4.78 is 56.4. The second kappa shape index (κ2) is 10.6. The number of nitrogens with one attached hydrogen (secondary N) is 2. The van der Waals surface area contributed by atoms with Gasteiger partial charge in [-0.2, -0.15) is 0 Å². The lowest BCUT2D eigenvalue weighted by molar-refractivity contribution is -0.127. The van der Waals surface area contributed by atoms with Crippen molar-refractivity contribution in [2.24, 2.45) is 5.92 Å². The number of hydrogen-bond donors (Lipinski definition) is 2. The lowest BCUT2D eigenvalue weighted by Gasteiger charge is -2.33. The van der Waals surface area contributed by atoms with Crippen molar-refractivity contribution in [1.29, 1.82) is 0 Å². The zero-order valence-corrected chi connectivity index (χ0v) is 19.9. The molecular formula is C23H26ClF2N3O4S. The number of ether oxygens (including phenoxy) is 1. The van der Waals surface area contributed by atoms with E-state index in [2.05, 4.69) is 15.5 Å². The van der Waals surface area contributed by atoms with Gasteiger partial charge in [-0.3, -0.25) is 9.69 Å². The number of halogens is 3. The summed E-state index contributed by atoms with van der Waals surface area (Å²) in [5, 5.41) is 6.50. The van der Waals surface area contributed by atoms with Gasteiger partial charge in [0.2, 0.25) is 15.7 Å². The first-order valence-corrected chi connectivity index (χ1v) is 12.9. The average Bonchev–Trinajstić information content (AvgIpc) is 3.30. The summed E-state index contributed by atoms with van der Waals surface area (Å²) in [6, 6.07) is 9.85. The van der Waals surface area contributed by atoms with Crippen molar-refractivity contribution in [2.75, 3.05) is 26.2 Å². The molecule has 184 valence electrons. The summed E-state index contributed by atoms with van der Waals surface area (Å²) in [4.78, 5) is 14.6. The molecule has 2 unspecified atom stereocenters. The molecular weight excluding hydrogens is 488 g/mol. The van der Waals surface area contributed by atoms with Crippen LogP contribution in [0.2, 0.25) is 5.02 Å². The molecule has 0 saturated carbocycles. The topological polar surface area (TPSA) is 87.7 Å². The molecule has 2 aromatic rings. The fraction of sp³-hybridized carbons (Fsp3) is 0.435. The average molecular weight is 514 g/mol. The highest BCUT2D eigenvalue weighted by atomic mass is 35.5. The van der Waals surface area contributed by atoms with Gasteiger partial charge in [0.25, 0.3) is 6.43 Å². The number of alkyl halides is 2. The summed E-state index contributed by atoms with van der Waals surface area (Å²) in [7, 11) is -4.07. The predicted molar refractivity (Wildman–Crippen MR) is 123 cm³/mol. The van der Waals surface area contributed by atoms with Crippen LogP contribution in [0.5, 0.6) is 5.75 Å². The van der Waals surface area contributed by atoms with Crippen LogP contribution in [0.4, 0.5) is 8.78 Å². The highest BCUT2D eigenvalue weighted by molar-refractivity contribution is 7.91. The van der Waals surface area contributed by atoms with Gasteiger partial charge in [0.05, 0.1) is 17.0 Å². The molecule has 2 atom stereocenters. The molecule has 2 saturated heterocycles. The second-order valence-electron chi connectivity index (χ2n) is 8.40. The molecule has 11 heteroatoms. The molecule has 0 spiro atoms. The SMILES string of the molecule is O=C(NCc1ccc(S(=O)(=O)c2cc(Cl)ccc2OCC(F)F)cc1)C1CCC2NCCN2C1. The van der Waals surface area contributed by atoms with E-state index >= 15 is 0 Å². The maximum absolute atomic E-state index is 13.1. The van der Waals surface area contributed by atoms with Gasteiger partial charge in [-0.25, -0.2) is 17.2 Å². The highest BCUT2D eigenvalue weighted by Gasteiger charge is 2.34. The lowest BCUT2D eigenvalue weighted by atomic mass is 9.96. The van der Waals surface area contributed by atoms with Crippen molar-refractivity contribution in [3.8, 4) is 5.75 Å². The maximum atomic E-state index is 13.1. The number of piperidine rings is 1. The van der Waals surface area contributed by atoms with Gasteiger partial charge in [0, 0.05) is 31.2 Å².